The molecule has 1 heterocycles. The van der Waals surface area contributed by atoms with Gasteiger partial charge >= 0.3 is 0 Å². The Labute approximate surface area is 104 Å². The predicted octanol–water partition coefficient (Wildman–Crippen LogP) is 1.09. The molecular formula is C11H13FN2O3S. The van der Waals surface area contributed by atoms with Crippen LogP contribution in [0.1, 0.15) is 24.2 Å². The van der Waals surface area contributed by atoms with Crippen molar-refractivity contribution in [3.05, 3.63) is 29.6 Å². The molecule has 2 aliphatic rings. The summed E-state index contributed by atoms with van der Waals surface area (Å²) >= 11 is 0. The summed E-state index contributed by atoms with van der Waals surface area (Å²) in [5.74, 6) is -0.970. The maximum absolute atomic E-state index is 13.0. The summed E-state index contributed by atoms with van der Waals surface area (Å²) in [5, 5.41) is 2.00. The molecule has 1 saturated carbocycles. The van der Waals surface area contributed by atoms with Crippen LogP contribution < -0.4 is 10.0 Å². The molecule has 0 bridgehead atoms. The summed E-state index contributed by atoms with van der Waals surface area (Å²) in [5.41, 5.74) is 0.133. The number of benzene rings is 1. The van der Waals surface area contributed by atoms with Gasteiger partial charge in [0, 0.05) is 6.04 Å². The van der Waals surface area contributed by atoms with Crippen molar-refractivity contribution in [2.45, 2.75) is 25.1 Å². The van der Waals surface area contributed by atoms with E-state index in [9.17, 15) is 17.6 Å². The second-order valence-electron chi connectivity index (χ2n) is 4.19. The first-order valence-corrected chi connectivity index (χ1v) is 6.64. The molecule has 98 valence electrons. The number of nitrogens with one attached hydrogen (secondary N) is 2. The topological polar surface area (TPSA) is 75.3 Å². The summed E-state index contributed by atoms with van der Waals surface area (Å²) in [4.78, 5) is 11.7. The van der Waals surface area contributed by atoms with Crippen molar-refractivity contribution in [2.75, 3.05) is 4.72 Å². The number of fused-ring (bicyclic) bond motifs is 2. The molecule has 1 aliphatic carbocycles. The van der Waals surface area contributed by atoms with Crippen LogP contribution in [-0.2, 0) is 10.0 Å². The van der Waals surface area contributed by atoms with E-state index in [1.807, 2.05) is 0 Å². The second-order valence-corrected chi connectivity index (χ2v) is 6.09. The molecule has 1 aliphatic heterocycles. The maximum Gasteiger partial charge on any atom is 0.253 e. The average Bonchev–Trinajstić information content (AvgIpc) is 2.95. The zero-order valence-corrected chi connectivity index (χ0v) is 9.42. The van der Waals surface area contributed by atoms with Gasteiger partial charge in [0.1, 0.15) is 11.1 Å². The fraction of sp³-hybridized carbons (Fsp3) is 0.364. The number of rotatable bonds is 0. The van der Waals surface area contributed by atoms with Gasteiger partial charge in [-0.2, -0.15) is 0 Å². The molecule has 7 heteroatoms. The van der Waals surface area contributed by atoms with Gasteiger partial charge in [-0.15, -0.1) is 0 Å². The number of hydrogen-bond donors (Lipinski definition) is 2. The van der Waals surface area contributed by atoms with E-state index in [1.165, 1.54) is 6.07 Å². The van der Waals surface area contributed by atoms with Crippen molar-refractivity contribution in [1.82, 2.24) is 5.32 Å². The normalized spacial score (nSPS) is 27.3. The molecule has 0 radical (unpaired) electrons. The Morgan fingerprint density at radius 1 is 1.33 bits per heavy atom. The van der Waals surface area contributed by atoms with Crippen molar-refractivity contribution in [1.29, 1.82) is 0 Å². The van der Waals surface area contributed by atoms with Crippen LogP contribution in [0, 0.1) is 5.82 Å². The first-order valence-electron chi connectivity index (χ1n) is 5.09. The Bertz CT molecular complexity index is 615. The summed E-state index contributed by atoms with van der Waals surface area (Å²) in [6.45, 7) is 0. The Morgan fingerprint density at radius 3 is 2.78 bits per heavy atom. The fourth-order valence-corrected chi connectivity index (χ4v) is 3.53. The van der Waals surface area contributed by atoms with Gasteiger partial charge in [0.2, 0.25) is 10.0 Å². The molecular weight excluding hydrogens is 259 g/mol. The van der Waals surface area contributed by atoms with E-state index in [4.69, 9.17) is 0 Å². The van der Waals surface area contributed by atoms with Crippen LogP contribution in [0.3, 0.4) is 0 Å². The van der Waals surface area contributed by atoms with Gasteiger partial charge in [-0.3, -0.25) is 9.52 Å². The first kappa shape index (κ1) is 12.8. The summed E-state index contributed by atoms with van der Waals surface area (Å²) in [7, 11) is -3.53. The SMILES string of the molecule is C.O=C1NC2CC2S(=O)(=O)Nc2cc(F)ccc21. The third-order valence-electron chi connectivity index (χ3n) is 2.93. The Hall–Kier alpha value is -1.63. The van der Waals surface area contributed by atoms with Crippen molar-refractivity contribution < 1.29 is 17.6 Å². The van der Waals surface area contributed by atoms with Crippen LogP contribution in [-0.4, -0.2) is 25.6 Å². The van der Waals surface area contributed by atoms with Crippen LogP contribution in [0.25, 0.3) is 0 Å². The van der Waals surface area contributed by atoms with Crippen LogP contribution in [0.4, 0.5) is 10.1 Å². The highest BCUT2D eigenvalue weighted by atomic mass is 32.2. The quantitative estimate of drug-likeness (QED) is 0.742. The second kappa shape index (κ2) is 3.94. The van der Waals surface area contributed by atoms with Crippen LogP contribution in [0.5, 0.6) is 0 Å². The highest BCUT2D eigenvalue weighted by Gasteiger charge is 2.50. The van der Waals surface area contributed by atoms with Crippen molar-refractivity contribution in [3.8, 4) is 0 Å². The largest absolute Gasteiger partial charge is 0.348 e. The van der Waals surface area contributed by atoms with E-state index in [0.717, 1.165) is 12.1 Å². The number of sulfonamides is 1. The lowest BCUT2D eigenvalue weighted by atomic mass is 10.1. The predicted molar refractivity (Wildman–Crippen MR) is 65.3 cm³/mol. The monoisotopic (exact) mass is 272 g/mol. The molecule has 1 aromatic rings. The van der Waals surface area contributed by atoms with Gasteiger partial charge < -0.3 is 5.32 Å². The molecule has 0 spiro atoms. The van der Waals surface area contributed by atoms with E-state index in [2.05, 4.69) is 10.0 Å². The van der Waals surface area contributed by atoms with Gasteiger partial charge in [0.15, 0.2) is 0 Å². The minimum absolute atomic E-state index is 0. The molecule has 18 heavy (non-hydrogen) atoms. The van der Waals surface area contributed by atoms with Gasteiger partial charge in [-0.05, 0) is 24.6 Å². The average molecular weight is 272 g/mol. The van der Waals surface area contributed by atoms with Crippen molar-refractivity contribution >= 4 is 21.6 Å². The Kier molecular flexibility index (Phi) is 2.81. The highest BCUT2D eigenvalue weighted by Crippen LogP contribution is 2.34. The lowest BCUT2D eigenvalue weighted by Gasteiger charge is -2.16. The molecule has 5 nitrogen and oxygen atoms in total. The standard InChI is InChI=1S/C10H9FN2O3S.CH4/c11-5-1-2-6-7(3-5)13-17(15,16)9-4-8(9)12-10(6)14;/h1-3,8-9,13H,4H2,(H,12,14);1H4. The number of halogens is 1. The van der Waals surface area contributed by atoms with E-state index < -0.39 is 21.1 Å². The van der Waals surface area contributed by atoms with Crippen LogP contribution in [0.15, 0.2) is 18.2 Å². The minimum atomic E-state index is -3.53. The third-order valence-corrected chi connectivity index (χ3v) is 4.75. The highest BCUT2D eigenvalue weighted by molar-refractivity contribution is 7.93. The molecule has 0 aromatic heterocycles. The number of anilines is 1. The fourth-order valence-electron chi connectivity index (χ4n) is 1.94. The van der Waals surface area contributed by atoms with Gasteiger partial charge in [-0.1, -0.05) is 7.43 Å². The lowest BCUT2D eigenvalue weighted by molar-refractivity contribution is 0.0952. The van der Waals surface area contributed by atoms with Gasteiger partial charge in [0.05, 0.1) is 11.3 Å². The van der Waals surface area contributed by atoms with Crippen molar-refractivity contribution in [2.24, 2.45) is 0 Å². The number of hydrogen-bond acceptors (Lipinski definition) is 3. The Balaban J connectivity index is 0.00000120. The molecule has 3 rings (SSSR count). The maximum atomic E-state index is 13.0. The van der Waals surface area contributed by atoms with Gasteiger partial charge in [0.25, 0.3) is 5.91 Å². The molecule has 1 amide bonds. The van der Waals surface area contributed by atoms with Crippen molar-refractivity contribution in [3.63, 3.8) is 0 Å². The number of carbonyl (C=O) groups is 1. The summed E-state index contributed by atoms with van der Waals surface area (Å²) < 4.78 is 38.9. The third kappa shape index (κ3) is 1.94. The molecule has 1 aromatic carbocycles. The lowest BCUT2D eigenvalue weighted by Crippen LogP contribution is -2.35. The van der Waals surface area contributed by atoms with Crippen LogP contribution in [0.2, 0.25) is 0 Å². The summed E-state index contributed by atoms with van der Waals surface area (Å²) in [6, 6.07) is 3.07. The smallest absolute Gasteiger partial charge is 0.253 e. The van der Waals surface area contributed by atoms with E-state index in [0.29, 0.717) is 6.42 Å². The first-order chi connectivity index (χ1) is 7.97. The zero-order valence-electron chi connectivity index (χ0n) is 8.60. The minimum Gasteiger partial charge on any atom is -0.348 e. The molecule has 2 atom stereocenters. The Morgan fingerprint density at radius 2 is 2.06 bits per heavy atom. The summed E-state index contributed by atoms with van der Waals surface area (Å²) in [6.07, 6.45) is 0.400. The van der Waals surface area contributed by atoms with E-state index in [-0.39, 0.29) is 30.6 Å². The molecule has 0 saturated heterocycles. The van der Waals surface area contributed by atoms with E-state index in [1.54, 1.807) is 0 Å². The van der Waals surface area contributed by atoms with Gasteiger partial charge in [-0.25, -0.2) is 12.8 Å². The zero-order chi connectivity index (χ0) is 12.2. The number of amides is 1. The molecule has 2 unspecified atom stereocenters. The number of carbonyl (C=O) groups excluding carboxylic acids is 1. The molecule has 1 fully saturated rings. The van der Waals surface area contributed by atoms with E-state index >= 15 is 0 Å². The van der Waals surface area contributed by atoms with Crippen LogP contribution >= 0.6 is 0 Å². The molecule has 2 N–H and O–H groups in total.